The number of hydrogen-bond donors (Lipinski definition) is 2. The second-order valence-electron chi connectivity index (χ2n) is 8.33. The van der Waals surface area contributed by atoms with E-state index in [1.165, 1.54) is 23.3 Å². The lowest BCUT2D eigenvalue weighted by atomic mass is 10.0. The Kier molecular flexibility index (Phi) is 6.09. The number of aromatic nitrogens is 1. The summed E-state index contributed by atoms with van der Waals surface area (Å²) in [6.07, 6.45) is 3.73. The summed E-state index contributed by atoms with van der Waals surface area (Å²) in [5, 5.41) is 10.4. The van der Waals surface area contributed by atoms with E-state index >= 15 is 0 Å². The summed E-state index contributed by atoms with van der Waals surface area (Å²) in [7, 11) is 0. The topological polar surface area (TPSA) is 75.5 Å². The van der Waals surface area contributed by atoms with Gasteiger partial charge in [0.2, 0.25) is 5.91 Å². The van der Waals surface area contributed by atoms with Crippen LogP contribution in [0.15, 0.2) is 102 Å². The zero-order chi connectivity index (χ0) is 24.2. The maximum atomic E-state index is 12.5. The molecule has 0 unspecified atom stereocenters. The van der Waals surface area contributed by atoms with Gasteiger partial charge in [-0.2, -0.15) is 5.10 Å². The highest BCUT2D eigenvalue weighted by molar-refractivity contribution is 6.01. The van der Waals surface area contributed by atoms with Gasteiger partial charge in [0.15, 0.2) is 0 Å². The first-order valence-corrected chi connectivity index (χ1v) is 11.3. The highest BCUT2D eigenvalue weighted by Gasteiger charge is 2.09. The number of nitrogens with one attached hydrogen (secondary N) is 2. The Labute approximate surface area is 202 Å². The van der Waals surface area contributed by atoms with Crippen LogP contribution in [0.2, 0.25) is 0 Å². The monoisotopic (exact) mass is 460 g/mol. The minimum absolute atomic E-state index is 0.161. The lowest BCUT2D eigenvalue weighted by Crippen LogP contribution is -2.17. The van der Waals surface area contributed by atoms with E-state index in [2.05, 4.69) is 81.2 Å². The first kappa shape index (κ1) is 22.1. The third kappa shape index (κ3) is 4.82. The summed E-state index contributed by atoms with van der Waals surface area (Å²) in [4.78, 5) is 23.6. The number of carbonyl (C=O) groups excluding carboxylic acids is 2. The van der Waals surface area contributed by atoms with Crippen LogP contribution >= 0.6 is 0 Å². The van der Waals surface area contributed by atoms with Gasteiger partial charge in [0.05, 0.1) is 6.21 Å². The van der Waals surface area contributed by atoms with Crippen molar-refractivity contribution in [2.24, 2.45) is 5.10 Å². The average molecular weight is 461 g/mol. The highest BCUT2D eigenvalue weighted by Crippen LogP contribution is 2.24. The molecule has 6 nitrogen and oxygen atoms in total. The van der Waals surface area contributed by atoms with Crippen molar-refractivity contribution in [3.63, 3.8) is 0 Å². The van der Waals surface area contributed by atoms with E-state index in [0.29, 0.717) is 11.3 Å². The van der Waals surface area contributed by atoms with Crippen molar-refractivity contribution >= 4 is 45.4 Å². The lowest BCUT2D eigenvalue weighted by molar-refractivity contribution is -0.114. The Hall–Kier alpha value is -4.71. The van der Waals surface area contributed by atoms with E-state index in [-0.39, 0.29) is 11.8 Å². The summed E-state index contributed by atoms with van der Waals surface area (Å²) >= 11 is 0. The van der Waals surface area contributed by atoms with Crippen LogP contribution in [-0.2, 0) is 11.3 Å². The van der Waals surface area contributed by atoms with Gasteiger partial charge in [-0.1, -0.05) is 60.7 Å². The number of nitrogens with zero attached hydrogens (tertiary/aromatic N) is 2. The van der Waals surface area contributed by atoms with Gasteiger partial charge >= 0.3 is 0 Å². The molecular weight excluding hydrogens is 436 g/mol. The predicted molar refractivity (Wildman–Crippen MR) is 141 cm³/mol. The van der Waals surface area contributed by atoms with E-state index in [0.717, 1.165) is 23.0 Å². The summed E-state index contributed by atoms with van der Waals surface area (Å²) in [5.74, 6) is -0.485. The summed E-state index contributed by atoms with van der Waals surface area (Å²) in [6, 6.07) is 29.6. The van der Waals surface area contributed by atoms with Gasteiger partial charge in [0.1, 0.15) is 0 Å². The third-order valence-corrected chi connectivity index (χ3v) is 5.88. The Bertz CT molecular complexity index is 1560. The summed E-state index contributed by atoms with van der Waals surface area (Å²) in [6.45, 7) is 2.16. The Morgan fingerprint density at radius 3 is 2.37 bits per heavy atom. The van der Waals surface area contributed by atoms with E-state index in [9.17, 15) is 9.59 Å². The van der Waals surface area contributed by atoms with Crippen molar-refractivity contribution in [3.8, 4) is 0 Å². The summed E-state index contributed by atoms with van der Waals surface area (Å²) < 4.78 is 2.21. The van der Waals surface area contributed by atoms with E-state index in [1.54, 1.807) is 30.5 Å². The van der Waals surface area contributed by atoms with E-state index < -0.39 is 0 Å². The number of carbonyl (C=O) groups is 2. The van der Waals surface area contributed by atoms with Crippen LogP contribution in [0.25, 0.3) is 21.7 Å². The van der Waals surface area contributed by atoms with Crippen LogP contribution in [0.1, 0.15) is 28.4 Å². The number of amides is 2. The van der Waals surface area contributed by atoms with Crippen LogP contribution in [0.4, 0.5) is 5.69 Å². The van der Waals surface area contributed by atoms with Crippen LogP contribution in [0.3, 0.4) is 0 Å². The van der Waals surface area contributed by atoms with Gasteiger partial charge in [0.25, 0.3) is 5.91 Å². The Morgan fingerprint density at radius 1 is 0.857 bits per heavy atom. The molecule has 0 aliphatic carbocycles. The second kappa shape index (κ2) is 9.65. The maximum Gasteiger partial charge on any atom is 0.271 e. The molecule has 0 saturated heterocycles. The number of fused-ring (bicyclic) bond motifs is 2. The normalized spacial score (nSPS) is 11.2. The maximum absolute atomic E-state index is 12.5. The molecule has 5 aromatic rings. The molecule has 172 valence electrons. The molecule has 2 amide bonds. The molecule has 0 aliphatic rings. The third-order valence-electron chi connectivity index (χ3n) is 5.88. The van der Waals surface area contributed by atoms with Crippen molar-refractivity contribution < 1.29 is 9.59 Å². The van der Waals surface area contributed by atoms with Crippen LogP contribution in [-0.4, -0.2) is 22.6 Å². The predicted octanol–water partition coefficient (Wildman–Crippen LogP) is 5.57. The van der Waals surface area contributed by atoms with Crippen molar-refractivity contribution in [3.05, 3.63) is 114 Å². The van der Waals surface area contributed by atoms with Gasteiger partial charge in [-0.3, -0.25) is 9.59 Å². The molecule has 0 bridgehead atoms. The molecule has 2 N–H and O–H groups in total. The smallest absolute Gasteiger partial charge is 0.271 e. The van der Waals surface area contributed by atoms with Crippen molar-refractivity contribution in [1.29, 1.82) is 0 Å². The van der Waals surface area contributed by atoms with Gasteiger partial charge in [0, 0.05) is 47.4 Å². The largest absolute Gasteiger partial charge is 0.342 e. The molecule has 0 radical (unpaired) electrons. The average Bonchev–Trinajstić information content (AvgIpc) is 3.21. The molecule has 4 aromatic carbocycles. The van der Waals surface area contributed by atoms with Gasteiger partial charge < -0.3 is 9.88 Å². The quantitative estimate of drug-likeness (QED) is 0.257. The number of hydrazone groups is 1. The van der Waals surface area contributed by atoms with Gasteiger partial charge in [-0.05, 0) is 46.7 Å². The summed E-state index contributed by atoms with van der Waals surface area (Å²) in [5.41, 5.74) is 6.94. The number of hydrogen-bond acceptors (Lipinski definition) is 3. The second-order valence-corrected chi connectivity index (χ2v) is 8.33. The number of anilines is 1. The Balaban J connectivity index is 1.36. The standard InChI is InChI=1S/C29H24N4O2/c1-20(34)31-25-15-13-22(14-16-25)29(35)32-30-17-24-19-33(28-12-5-4-11-27(24)28)18-23-9-6-8-21-7-2-3-10-26(21)23/h2-17,19H,18H2,1H3,(H,31,34)(H,32,35)/b30-17-. The first-order valence-electron chi connectivity index (χ1n) is 11.3. The van der Waals surface area contributed by atoms with E-state index in [1.807, 2.05) is 12.1 Å². The van der Waals surface area contributed by atoms with Crippen molar-refractivity contribution in [2.45, 2.75) is 13.5 Å². The number of rotatable bonds is 6. The molecule has 35 heavy (non-hydrogen) atoms. The molecule has 1 heterocycles. The SMILES string of the molecule is CC(=O)Nc1ccc(C(=O)N/N=C\c2cn(Cc3cccc4ccccc34)c3ccccc23)cc1. The minimum atomic E-state index is -0.324. The molecule has 6 heteroatoms. The zero-order valence-electron chi connectivity index (χ0n) is 19.2. The fraction of sp³-hybridized carbons (Fsp3) is 0.0690. The van der Waals surface area contributed by atoms with E-state index in [4.69, 9.17) is 0 Å². The fourth-order valence-electron chi connectivity index (χ4n) is 4.26. The number of para-hydroxylation sites is 1. The molecule has 1 aromatic heterocycles. The lowest BCUT2D eigenvalue weighted by Gasteiger charge is -2.09. The molecule has 5 rings (SSSR count). The van der Waals surface area contributed by atoms with Crippen molar-refractivity contribution in [2.75, 3.05) is 5.32 Å². The van der Waals surface area contributed by atoms with Gasteiger partial charge in [-0.15, -0.1) is 0 Å². The van der Waals surface area contributed by atoms with Crippen molar-refractivity contribution in [1.82, 2.24) is 9.99 Å². The zero-order valence-corrected chi connectivity index (χ0v) is 19.2. The van der Waals surface area contributed by atoms with Crippen LogP contribution in [0.5, 0.6) is 0 Å². The van der Waals surface area contributed by atoms with Gasteiger partial charge in [-0.25, -0.2) is 5.43 Å². The fourth-order valence-corrected chi connectivity index (χ4v) is 4.26. The number of benzene rings is 4. The van der Waals surface area contributed by atoms with Crippen LogP contribution in [0, 0.1) is 0 Å². The molecule has 0 atom stereocenters. The van der Waals surface area contributed by atoms with Crippen LogP contribution < -0.4 is 10.7 Å². The molecule has 0 spiro atoms. The molecule has 0 fully saturated rings. The molecule has 0 saturated carbocycles. The highest BCUT2D eigenvalue weighted by atomic mass is 16.2. The molecule has 0 aliphatic heterocycles. The molecular formula is C29H24N4O2. The first-order chi connectivity index (χ1) is 17.1. The Morgan fingerprint density at radius 2 is 1.57 bits per heavy atom. The minimum Gasteiger partial charge on any atom is -0.342 e.